The highest BCUT2D eigenvalue weighted by Crippen LogP contribution is 2.12. The normalized spacial score (nSPS) is 15.3. The summed E-state index contributed by atoms with van der Waals surface area (Å²) in [7, 11) is 1.77. The Bertz CT molecular complexity index is 808. The number of aryl methyl sites for hydroxylation is 2. The van der Waals surface area contributed by atoms with E-state index < -0.39 is 0 Å². The quantitative estimate of drug-likeness (QED) is 0.442. The summed E-state index contributed by atoms with van der Waals surface area (Å²) in [5.41, 5.74) is 1.34. The van der Waals surface area contributed by atoms with E-state index in [1.807, 2.05) is 10.6 Å². The van der Waals surface area contributed by atoms with Crippen LogP contribution in [0.25, 0.3) is 0 Å². The number of nitrogens with zero attached hydrogens (tertiary/aromatic N) is 4. The van der Waals surface area contributed by atoms with E-state index in [1.165, 1.54) is 5.56 Å². The first-order valence-corrected chi connectivity index (χ1v) is 9.85. The van der Waals surface area contributed by atoms with Gasteiger partial charge in [0, 0.05) is 39.6 Å². The average Bonchev–Trinajstić information content (AvgIpc) is 3.04. The summed E-state index contributed by atoms with van der Waals surface area (Å²) < 4.78 is 3.43. The number of aromatic nitrogens is 3. The molecule has 2 N–H and O–H groups in total. The standard InChI is InChI=1S/C20H30N6O/c1-16(17-9-4-3-5-10-17)15-23-19(21-2)22-12-8-14-26-20(27)25-13-7-6-11-18(25)24-26/h3-5,9-10,16H,6-8,11-15H2,1-2H3,(H2,21,22,23). The van der Waals surface area contributed by atoms with Gasteiger partial charge in [-0.15, -0.1) is 0 Å². The van der Waals surface area contributed by atoms with E-state index in [1.54, 1.807) is 11.7 Å². The Balaban J connectivity index is 1.41. The lowest BCUT2D eigenvalue weighted by molar-refractivity contribution is 0.509. The highest BCUT2D eigenvalue weighted by atomic mass is 16.2. The fourth-order valence-electron chi connectivity index (χ4n) is 3.40. The molecule has 0 saturated carbocycles. The molecule has 0 saturated heterocycles. The molecule has 1 unspecified atom stereocenters. The van der Waals surface area contributed by atoms with E-state index in [2.05, 4.69) is 51.9 Å². The minimum absolute atomic E-state index is 0.0314. The van der Waals surface area contributed by atoms with Crippen LogP contribution < -0.4 is 16.3 Å². The number of rotatable bonds is 7. The second-order valence-corrected chi connectivity index (χ2v) is 7.08. The molecule has 1 aliphatic rings. The molecular formula is C20H30N6O. The molecule has 1 aromatic heterocycles. The van der Waals surface area contributed by atoms with Crippen LogP contribution in [0, 0.1) is 0 Å². The Kier molecular flexibility index (Phi) is 6.68. The first kappa shape index (κ1) is 19.2. The van der Waals surface area contributed by atoms with Gasteiger partial charge < -0.3 is 10.6 Å². The van der Waals surface area contributed by atoms with Gasteiger partial charge >= 0.3 is 5.69 Å². The van der Waals surface area contributed by atoms with Gasteiger partial charge in [-0.05, 0) is 30.7 Å². The fourth-order valence-corrected chi connectivity index (χ4v) is 3.40. The zero-order chi connectivity index (χ0) is 19.1. The van der Waals surface area contributed by atoms with Crippen molar-refractivity contribution in [3.63, 3.8) is 0 Å². The van der Waals surface area contributed by atoms with Crippen LogP contribution in [-0.4, -0.2) is 40.4 Å². The molecule has 1 aromatic carbocycles. The van der Waals surface area contributed by atoms with E-state index in [9.17, 15) is 4.79 Å². The van der Waals surface area contributed by atoms with Gasteiger partial charge in [-0.2, -0.15) is 5.10 Å². The SMILES string of the molecule is CN=C(NCCCn1nc2n(c1=O)CCCC2)NCC(C)c1ccccc1. The molecule has 0 amide bonds. The van der Waals surface area contributed by atoms with Crippen LogP contribution in [0.2, 0.25) is 0 Å². The molecule has 7 nitrogen and oxygen atoms in total. The number of hydrogen-bond donors (Lipinski definition) is 2. The minimum atomic E-state index is 0.0314. The molecule has 1 aliphatic heterocycles. The summed E-state index contributed by atoms with van der Waals surface area (Å²) in [5.74, 6) is 2.13. The molecular weight excluding hydrogens is 340 g/mol. The summed E-state index contributed by atoms with van der Waals surface area (Å²) in [6, 6.07) is 10.4. The lowest BCUT2D eigenvalue weighted by atomic mass is 10.0. The third-order valence-corrected chi connectivity index (χ3v) is 5.04. The van der Waals surface area contributed by atoms with Crippen LogP contribution in [0.3, 0.4) is 0 Å². The van der Waals surface area contributed by atoms with E-state index >= 15 is 0 Å². The average molecular weight is 371 g/mol. The zero-order valence-electron chi connectivity index (χ0n) is 16.3. The van der Waals surface area contributed by atoms with Crippen LogP contribution in [0.4, 0.5) is 0 Å². The second kappa shape index (κ2) is 9.39. The van der Waals surface area contributed by atoms with Crippen molar-refractivity contribution in [1.82, 2.24) is 25.0 Å². The molecule has 0 aliphatic carbocycles. The molecule has 7 heteroatoms. The maximum absolute atomic E-state index is 12.3. The van der Waals surface area contributed by atoms with E-state index in [-0.39, 0.29) is 5.69 Å². The van der Waals surface area contributed by atoms with E-state index in [4.69, 9.17) is 0 Å². The fraction of sp³-hybridized carbons (Fsp3) is 0.550. The monoisotopic (exact) mass is 370 g/mol. The van der Waals surface area contributed by atoms with Crippen molar-refractivity contribution in [2.24, 2.45) is 4.99 Å². The Morgan fingerprint density at radius 1 is 1.26 bits per heavy atom. The predicted octanol–water partition coefficient (Wildman–Crippen LogP) is 1.74. The minimum Gasteiger partial charge on any atom is -0.356 e. The van der Waals surface area contributed by atoms with Gasteiger partial charge in [0.05, 0.1) is 0 Å². The number of guanidine groups is 1. The predicted molar refractivity (Wildman–Crippen MR) is 108 cm³/mol. The number of aliphatic imine (C=N–C) groups is 1. The smallest absolute Gasteiger partial charge is 0.345 e. The Hall–Kier alpha value is -2.57. The van der Waals surface area contributed by atoms with Gasteiger partial charge in [-0.3, -0.25) is 9.56 Å². The lowest BCUT2D eigenvalue weighted by Gasteiger charge is -2.16. The van der Waals surface area contributed by atoms with Crippen molar-refractivity contribution >= 4 is 5.96 Å². The van der Waals surface area contributed by atoms with E-state index in [0.29, 0.717) is 12.5 Å². The van der Waals surface area contributed by atoms with Crippen molar-refractivity contribution in [1.29, 1.82) is 0 Å². The lowest BCUT2D eigenvalue weighted by Crippen LogP contribution is -2.39. The Morgan fingerprint density at radius 3 is 2.81 bits per heavy atom. The highest BCUT2D eigenvalue weighted by Gasteiger charge is 2.16. The molecule has 0 radical (unpaired) electrons. The van der Waals surface area contributed by atoms with E-state index in [0.717, 1.165) is 57.1 Å². The van der Waals surface area contributed by atoms with Gasteiger partial charge in [-0.1, -0.05) is 37.3 Å². The van der Waals surface area contributed by atoms with Crippen LogP contribution >= 0.6 is 0 Å². The zero-order valence-corrected chi connectivity index (χ0v) is 16.3. The molecule has 1 atom stereocenters. The number of benzene rings is 1. The molecule has 2 aromatic rings. The molecule has 2 heterocycles. The number of hydrogen-bond acceptors (Lipinski definition) is 3. The number of nitrogens with one attached hydrogen (secondary N) is 2. The van der Waals surface area contributed by atoms with Gasteiger partial charge in [-0.25, -0.2) is 9.48 Å². The van der Waals surface area contributed by atoms with Crippen LogP contribution in [-0.2, 0) is 19.5 Å². The summed E-state index contributed by atoms with van der Waals surface area (Å²) in [6.07, 6.45) is 3.94. The maximum atomic E-state index is 12.3. The Morgan fingerprint density at radius 2 is 2.07 bits per heavy atom. The van der Waals surface area contributed by atoms with Crippen molar-refractivity contribution < 1.29 is 0 Å². The first-order valence-electron chi connectivity index (χ1n) is 9.85. The van der Waals surface area contributed by atoms with Crippen molar-refractivity contribution in [2.75, 3.05) is 20.1 Å². The van der Waals surface area contributed by atoms with Gasteiger partial charge in [0.15, 0.2) is 5.96 Å². The molecule has 27 heavy (non-hydrogen) atoms. The summed E-state index contributed by atoms with van der Waals surface area (Å²) in [4.78, 5) is 16.6. The third-order valence-electron chi connectivity index (χ3n) is 5.04. The molecule has 146 valence electrons. The highest BCUT2D eigenvalue weighted by molar-refractivity contribution is 5.79. The third kappa shape index (κ3) is 4.99. The van der Waals surface area contributed by atoms with Crippen LogP contribution in [0.1, 0.15) is 43.5 Å². The van der Waals surface area contributed by atoms with Crippen LogP contribution in [0.5, 0.6) is 0 Å². The van der Waals surface area contributed by atoms with Crippen LogP contribution in [0.15, 0.2) is 40.1 Å². The van der Waals surface area contributed by atoms with Gasteiger partial charge in [0.2, 0.25) is 0 Å². The topological polar surface area (TPSA) is 76.2 Å². The second-order valence-electron chi connectivity index (χ2n) is 7.08. The van der Waals surface area contributed by atoms with Crippen molar-refractivity contribution in [3.05, 3.63) is 52.2 Å². The van der Waals surface area contributed by atoms with Gasteiger partial charge in [0.1, 0.15) is 5.82 Å². The summed E-state index contributed by atoms with van der Waals surface area (Å²) >= 11 is 0. The molecule has 0 spiro atoms. The first-order chi connectivity index (χ1) is 13.2. The Labute approximate surface area is 160 Å². The maximum Gasteiger partial charge on any atom is 0.345 e. The molecule has 0 fully saturated rings. The summed E-state index contributed by atoms with van der Waals surface area (Å²) in [6.45, 7) is 5.19. The van der Waals surface area contributed by atoms with Crippen molar-refractivity contribution in [3.8, 4) is 0 Å². The molecule has 0 bridgehead atoms. The van der Waals surface area contributed by atoms with Crippen molar-refractivity contribution in [2.45, 2.75) is 51.6 Å². The number of fused-ring (bicyclic) bond motifs is 1. The summed E-state index contributed by atoms with van der Waals surface area (Å²) in [5, 5.41) is 11.2. The molecule has 3 rings (SSSR count). The van der Waals surface area contributed by atoms with Gasteiger partial charge in [0.25, 0.3) is 0 Å². The largest absolute Gasteiger partial charge is 0.356 e.